The van der Waals surface area contributed by atoms with Crippen molar-refractivity contribution >= 4 is 34.8 Å². The third kappa shape index (κ3) is 3.34. The number of rotatable bonds is 4. The Morgan fingerprint density at radius 2 is 1.63 bits per heavy atom. The second-order valence-electron chi connectivity index (χ2n) is 3.92. The highest BCUT2D eigenvalue weighted by Gasteiger charge is 2.12. The van der Waals surface area contributed by atoms with Gasteiger partial charge < -0.3 is 10.5 Å². The first-order valence-corrected chi connectivity index (χ1v) is 6.86. The van der Waals surface area contributed by atoms with Crippen LogP contribution in [0.2, 0.25) is 15.1 Å². The summed E-state index contributed by atoms with van der Waals surface area (Å²) in [5.41, 5.74) is 6.52. The molecule has 0 heterocycles. The Morgan fingerprint density at radius 1 is 0.947 bits per heavy atom. The van der Waals surface area contributed by atoms with Crippen molar-refractivity contribution in [3.05, 3.63) is 57.0 Å². The highest BCUT2D eigenvalue weighted by molar-refractivity contribution is 6.43. The Labute approximate surface area is 127 Å². The summed E-state index contributed by atoms with van der Waals surface area (Å²) in [7, 11) is 0. The molecule has 0 aromatic heterocycles. The molecule has 2 aromatic rings. The molecule has 0 aliphatic rings. The van der Waals surface area contributed by atoms with Gasteiger partial charge >= 0.3 is 0 Å². The number of halogens is 3. The largest absolute Gasteiger partial charge is 0.454 e. The van der Waals surface area contributed by atoms with E-state index < -0.39 is 0 Å². The molecular formula is C14H12Cl3NO. The maximum atomic E-state index is 6.17. The normalized spacial score (nSPS) is 10.5. The third-order valence-electron chi connectivity index (χ3n) is 2.59. The van der Waals surface area contributed by atoms with Crippen molar-refractivity contribution in [2.75, 3.05) is 6.54 Å². The van der Waals surface area contributed by atoms with Crippen LogP contribution >= 0.6 is 34.8 Å². The van der Waals surface area contributed by atoms with E-state index >= 15 is 0 Å². The van der Waals surface area contributed by atoms with Gasteiger partial charge in [0.15, 0.2) is 0 Å². The van der Waals surface area contributed by atoms with Crippen LogP contribution in [-0.2, 0) is 6.42 Å². The lowest BCUT2D eigenvalue weighted by Gasteiger charge is -2.13. The zero-order chi connectivity index (χ0) is 13.8. The molecule has 0 amide bonds. The van der Waals surface area contributed by atoms with E-state index in [2.05, 4.69) is 0 Å². The smallest absolute Gasteiger partial charge is 0.149 e. The van der Waals surface area contributed by atoms with Gasteiger partial charge in [-0.3, -0.25) is 0 Å². The van der Waals surface area contributed by atoms with Gasteiger partial charge in [0.2, 0.25) is 0 Å². The minimum absolute atomic E-state index is 0.364. The molecule has 2 rings (SSSR count). The Morgan fingerprint density at radius 3 is 2.37 bits per heavy atom. The van der Waals surface area contributed by atoms with Gasteiger partial charge in [0.1, 0.15) is 16.5 Å². The van der Waals surface area contributed by atoms with Crippen molar-refractivity contribution < 1.29 is 4.74 Å². The number of benzene rings is 2. The molecule has 0 unspecified atom stereocenters. The van der Waals surface area contributed by atoms with Crippen LogP contribution in [0.3, 0.4) is 0 Å². The molecule has 100 valence electrons. The maximum absolute atomic E-state index is 6.17. The summed E-state index contributed by atoms with van der Waals surface area (Å²) in [6.07, 6.45) is 0.675. The summed E-state index contributed by atoms with van der Waals surface area (Å²) in [5, 5.41) is 1.32. The topological polar surface area (TPSA) is 35.2 Å². The van der Waals surface area contributed by atoms with E-state index in [4.69, 9.17) is 45.3 Å². The van der Waals surface area contributed by atoms with E-state index in [1.807, 2.05) is 12.1 Å². The molecule has 0 aliphatic carbocycles. The molecule has 0 saturated heterocycles. The van der Waals surface area contributed by atoms with Crippen LogP contribution in [0, 0.1) is 0 Å². The van der Waals surface area contributed by atoms with Crippen molar-refractivity contribution in [3.8, 4) is 11.5 Å². The van der Waals surface area contributed by atoms with Gasteiger partial charge in [-0.05, 0) is 36.7 Å². The Hall–Kier alpha value is -0.930. The van der Waals surface area contributed by atoms with Crippen LogP contribution in [0.15, 0.2) is 36.4 Å². The quantitative estimate of drug-likeness (QED) is 0.867. The van der Waals surface area contributed by atoms with E-state index in [1.165, 1.54) is 0 Å². The summed E-state index contributed by atoms with van der Waals surface area (Å²) in [4.78, 5) is 0. The van der Waals surface area contributed by atoms with Gasteiger partial charge in [0.25, 0.3) is 0 Å². The summed E-state index contributed by atoms with van der Waals surface area (Å²) >= 11 is 18.2. The van der Waals surface area contributed by atoms with Crippen LogP contribution < -0.4 is 10.5 Å². The van der Waals surface area contributed by atoms with Gasteiger partial charge in [-0.25, -0.2) is 0 Å². The fraction of sp³-hybridized carbons (Fsp3) is 0.143. The van der Waals surface area contributed by atoms with E-state index in [-0.39, 0.29) is 0 Å². The molecule has 0 bridgehead atoms. The molecule has 19 heavy (non-hydrogen) atoms. The third-order valence-corrected chi connectivity index (χ3v) is 3.69. The first-order valence-electron chi connectivity index (χ1n) is 5.73. The van der Waals surface area contributed by atoms with E-state index in [0.29, 0.717) is 39.5 Å². The minimum atomic E-state index is 0.364. The second-order valence-corrected chi connectivity index (χ2v) is 5.11. The van der Waals surface area contributed by atoms with E-state index in [0.717, 1.165) is 5.56 Å². The summed E-state index contributed by atoms with van der Waals surface area (Å²) in [6, 6.07) is 10.7. The molecule has 0 saturated carbocycles. The molecule has 0 aliphatic heterocycles. The Balaban J connectivity index is 2.40. The predicted octanol–water partition coefficient (Wildman–Crippen LogP) is 4.94. The zero-order valence-electron chi connectivity index (χ0n) is 10.00. The van der Waals surface area contributed by atoms with Crippen molar-refractivity contribution in [3.63, 3.8) is 0 Å². The zero-order valence-corrected chi connectivity index (χ0v) is 12.3. The molecule has 0 radical (unpaired) electrons. The lowest BCUT2D eigenvalue weighted by molar-refractivity contribution is 0.477. The standard InChI is InChI=1S/C14H12Cl3NO/c15-10-4-2-6-12(13(10)17)19-14-9(7-8-18)3-1-5-11(14)16/h1-6H,7-8,18H2. The fourth-order valence-electron chi connectivity index (χ4n) is 1.69. The van der Waals surface area contributed by atoms with Gasteiger partial charge in [-0.15, -0.1) is 0 Å². The minimum Gasteiger partial charge on any atom is -0.454 e. The number of hydrogen-bond donors (Lipinski definition) is 1. The van der Waals surface area contributed by atoms with Crippen LogP contribution in [0.1, 0.15) is 5.56 Å². The highest BCUT2D eigenvalue weighted by atomic mass is 35.5. The maximum Gasteiger partial charge on any atom is 0.149 e. The first-order chi connectivity index (χ1) is 9.13. The fourth-order valence-corrected chi connectivity index (χ4v) is 2.26. The molecule has 0 atom stereocenters. The molecule has 0 fully saturated rings. The average molecular weight is 317 g/mol. The van der Waals surface area contributed by atoms with Crippen molar-refractivity contribution in [1.29, 1.82) is 0 Å². The monoisotopic (exact) mass is 315 g/mol. The van der Waals surface area contributed by atoms with Crippen LogP contribution in [0.25, 0.3) is 0 Å². The van der Waals surface area contributed by atoms with Crippen molar-refractivity contribution in [1.82, 2.24) is 0 Å². The SMILES string of the molecule is NCCc1cccc(Cl)c1Oc1cccc(Cl)c1Cl. The lowest BCUT2D eigenvalue weighted by atomic mass is 10.1. The molecule has 2 nitrogen and oxygen atoms in total. The number of nitrogens with two attached hydrogens (primary N) is 1. The molecular weight excluding hydrogens is 305 g/mol. The number of para-hydroxylation sites is 1. The van der Waals surface area contributed by atoms with E-state index in [9.17, 15) is 0 Å². The highest BCUT2D eigenvalue weighted by Crippen LogP contribution is 2.38. The van der Waals surface area contributed by atoms with Crippen LogP contribution in [-0.4, -0.2) is 6.54 Å². The molecule has 5 heteroatoms. The number of ether oxygens (including phenoxy) is 1. The average Bonchev–Trinajstić information content (AvgIpc) is 2.39. The summed E-state index contributed by atoms with van der Waals surface area (Å²) in [5.74, 6) is 1.04. The van der Waals surface area contributed by atoms with Gasteiger partial charge in [0.05, 0.1) is 10.0 Å². The lowest BCUT2D eigenvalue weighted by Crippen LogP contribution is -2.04. The Bertz CT molecular complexity index is 587. The predicted molar refractivity (Wildman–Crippen MR) is 80.7 cm³/mol. The van der Waals surface area contributed by atoms with Gasteiger partial charge in [0, 0.05) is 0 Å². The van der Waals surface area contributed by atoms with E-state index in [1.54, 1.807) is 24.3 Å². The van der Waals surface area contributed by atoms with Crippen LogP contribution in [0.5, 0.6) is 11.5 Å². The summed E-state index contributed by atoms with van der Waals surface area (Å²) < 4.78 is 5.80. The molecule has 0 spiro atoms. The second kappa shape index (κ2) is 6.49. The van der Waals surface area contributed by atoms with Crippen molar-refractivity contribution in [2.45, 2.75) is 6.42 Å². The first kappa shape index (κ1) is 14.5. The number of hydrogen-bond acceptors (Lipinski definition) is 2. The Kier molecular flexibility index (Phi) is 4.94. The van der Waals surface area contributed by atoms with Gasteiger partial charge in [-0.1, -0.05) is 53.0 Å². The van der Waals surface area contributed by atoms with Gasteiger partial charge in [-0.2, -0.15) is 0 Å². The van der Waals surface area contributed by atoms with Crippen LogP contribution in [0.4, 0.5) is 0 Å². The van der Waals surface area contributed by atoms with Crippen molar-refractivity contribution in [2.24, 2.45) is 5.73 Å². The summed E-state index contributed by atoms with van der Waals surface area (Å²) in [6.45, 7) is 0.514. The molecule has 2 N–H and O–H groups in total. The molecule has 2 aromatic carbocycles.